The Bertz CT molecular complexity index is 591. The molecule has 0 saturated carbocycles. The molecule has 1 aromatic rings. The Labute approximate surface area is 129 Å². The van der Waals surface area contributed by atoms with Crippen molar-refractivity contribution in [3.63, 3.8) is 0 Å². The minimum absolute atomic E-state index is 0.0248. The average molecular weight is 415 g/mol. The fourth-order valence-corrected chi connectivity index (χ4v) is 2.54. The minimum Gasteiger partial charge on any atom is -0.275 e. The van der Waals surface area contributed by atoms with Gasteiger partial charge in [0.05, 0.1) is 28.3 Å². The van der Waals surface area contributed by atoms with Crippen LogP contribution in [0.5, 0.6) is 0 Å². The van der Waals surface area contributed by atoms with E-state index >= 15 is 0 Å². The third kappa shape index (κ3) is 2.95. The van der Waals surface area contributed by atoms with Crippen molar-refractivity contribution in [1.29, 1.82) is 0 Å². The van der Waals surface area contributed by atoms with Gasteiger partial charge in [0.15, 0.2) is 5.82 Å². The van der Waals surface area contributed by atoms with Crippen molar-refractivity contribution in [3.05, 3.63) is 33.0 Å². The van der Waals surface area contributed by atoms with Gasteiger partial charge in [-0.25, -0.2) is 9.98 Å². The van der Waals surface area contributed by atoms with Crippen LogP contribution in [-0.4, -0.2) is 21.9 Å². The second-order valence-electron chi connectivity index (χ2n) is 3.52. The van der Waals surface area contributed by atoms with E-state index in [9.17, 15) is 8.78 Å². The highest BCUT2D eigenvalue weighted by Crippen LogP contribution is 2.33. The summed E-state index contributed by atoms with van der Waals surface area (Å²) in [5, 5.41) is 0. The lowest BCUT2D eigenvalue weighted by molar-refractivity contribution is 0.534. The third-order valence-corrected chi connectivity index (χ3v) is 4.12. The van der Waals surface area contributed by atoms with Gasteiger partial charge in [-0.1, -0.05) is 15.9 Å². The van der Waals surface area contributed by atoms with Crippen molar-refractivity contribution in [1.82, 2.24) is 9.97 Å². The Hall–Kier alpha value is -0.600. The summed E-state index contributed by atoms with van der Waals surface area (Å²) in [7, 11) is 0. The smallest absolute Gasteiger partial charge is 0.275 e. The molecule has 2 heterocycles. The van der Waals surface area contributed by atoms with Crippen molar-refractivity contribution in [3.8, 4) is 0 Å². The summed E-state index contributed by atoms with van der Waals surface area (Å²) in [6.07, 6.45) is -1.79. The van der Waals surface area contributed by atoms with E-state index in [4.69, 9.17) is 11.6 Å². The van der Waals surface area contributed by atoms with Gasteiger partial charge in [0.1, 0.15) is 0 Å². The van der Waals surface area contributed by atoms with E-state index in [1.165, 1.54) is 6.54 Å². The molecule has 0 saturated heterocycles. The van der Waals surface area contributed by atoms with E-state index in [1.807, 2.05) is 0 Å². The second-order valence-corrected chi connectivity index (χ2v) is 5.44. The number of anilines is 1. The summed E-state index contributed by atoms with van der Waals surface area (Å²) in [6.45, 7) is 2.96. The van der Waals surface area contributed by atoms with Crippen LogP contribution >= 0.6 is 43.5 Å². The average Bonchev–Trinajstić information content (AvgIpc) is 2.36. The zero-order chi connectivity index (χ0) is 14.2. The number of alkyl halides is 1. The van der Waals surface area contributed by atoms with Gasteiger partial charge in [0.2, 0.25) is 0 Å². The maximum absolute atomic E-state index is 13.9. The van der Waals surface area contributed by atoms with Crippen LogP contribution in [0.15, 0.2) is 19.6 Å². The highest BCUT2D eigenvalue weighted by Gasteiger charge is 2.26. The van der Waals surface area contributed by atoms with Crippen molar-refractivity contribution in [2.24, 2.45) is 4.99 Å². The number of nitrogens with zero attached hydrogens (tertiary/aromatic N) is 4. The van der Waals surface area contributed by atoms with Crippen LogP contribution in [0.4, 0.5) is 14.6 Å². The number of aliphatic imine (C=N–C) groups is 1. The van der Waals surface area contributed by atoms with Gasteiger partial charge < -0.3 is 0 Å². The molecule has 4 nitrogen and oxygen atoms in total. The number of rotatable bonds is 2. The molecule has 1 aliphatic heterocycles. The summed E-state index contributed by atoms with van der Waals surface area (Å²) in [4.78, 5) is 11.8. The van der Waals surface area contributed by atoms with E-state index in [2.05, 4.69) is 46.8 Å². The number of aryl methyl sites for hydroxylation is 1. The largest absolute Gasteiger partial charge is 0.310 e. The third-order valence-electron chi connectivity index (χ3n) is 2.27. The Morgan fingerprint density at radius 1 is 1.32 bits per heavy atom. The summed E-state index contributed by atoms with van der Waals surface area (Å²) in [5.41, 5.74) is 0.699. The number of hydrogen-bond donors (Lipinski definition) is 0. The number of allylic oxidation sites excluding steroid dienone is 1. The Morgan fingerprint density at radius 3 is 2.63 bits per heavy atom. The first-order valence-electron chi connectivity index (χ1n) is 4.96. The van der Waals surface area contributed by atoms with E-state index in [1.54, 1.807) is 6.92 Å². The molecular weight excluding hydrogens is 409 g/mol. The van der Waals surface area contributed by atoms with Crippen LogP contribution in [0.1, 0.15) is 5.69 Å². The fourth-order valence-electron chi connectivity index (χ4n) is 1.37. The van der Waals surface area contributed by atoms with Gasteiger partial charge in [-0.15, -0.1) is 11.6 Å². The molecule has 0 spiro atoms. The molecule has 0 amide bonds. The first kappa shape index (κ1) is 14.8. The first-order valence-corrected chi connectivity index (χ1v) is 7.08. The number of amidine groups is 1. The van der Waals surface area contributed by atoms with Crippen LogP contribution < -0.4 is 4.90 Å². The summed E-state index contributed by atoms with van der Waals surface area (Å²) < 4.78 is 28.0. The van der Waals surface area contributed by atoms with Gasteiger partial charge in [0.25, 0.3) is 6.09 Å². The quantitative estimate of drug-likeness (QED) is 0.419. The SMILES string of the molecule is Cc1nc(F)nc(N2[CH]C(Br)=C(CCl)N=C2F)c1Br. The summed E-state index contributed by atoms with van der Waals surface area (Å²) >= 11 is 12.0. The van der Waals surface area contributed by atoms with E-state index in [-0.39, 0.29) is 11.7 Å². The molecule has 19 heavy (non-hydrogen) atoms. The van der Waals surface area contributed by atoms with E-state index in [0.717, 1.165) is 4.90 Å². The van der Waals surface area contributed by atoms with Crippen molar-refractivity contribution in [2.75, 3.05) is 10.8 Å². The van der Waals surface area contributed by atoms with Crippen LogP contribution in [0.2, 0.25) is 0 Å². The highest BCUT2D eigenvalue weighted by molar-refractivity contribution is 9.11. The van der Waals surface area contributed by atoms with Crippen molar-refractivity contribution in [2.45, 2.75) is 6.92 Å². The van der Waals surface area contributed by atoms with Gasteiger partial charge in [-0.2, -0.15) is 13.8 Å². The maximum atomic E-state index is 13.9. The highest BCUT2D eigenvalue weighted by atomic mass is 79.9. The van der Waals surface area contributed by atoms with Crippen LogP contribution in [-0.2, 0) is 0 Å². The molecular formula is C10H6Br2ClF2N4. The van der Waals surface area contributed by atoms with Crippen molar-refractivity contribution >= 4 is 55.4 Å². The molecule has 0 bridgehead atoms. The molecule has 1 aliphatic rings. The summed E-state index contributed by atoms with van der Waals surface area (Å²) in [5.74, 6) is 0.0771. The number of hydrogen-bond acceptors (Lipinski definition) is 4. The van der Waals surface area contributed by atoms with Crippen LogP contribution in [0.25, 0.3) is 0 Å². The zero-order valence-electron chi connectivity index (χ0n) is 9.46. The van der Waals surface area contributed by atoms with Crippen LogP contribution in [0, 0.1) is 19.5 Å². The molecule has 101 valence electrons. The lowest BCUT2D eigenvalue weighted by atomic mass is 10.3. The van der Waals surface area contributed by atoms with E-state index in [0.29, 0.717) is 20.3 Å². The Morgan fingerprint density at radius 2 is 2.00 bits per heavy atom. The summed E-state index contributed by atoms with van der Waals surface area (Å²) in [6, 6.07) is 0. The molecule has 9 heteroatoms. The first-order chi connectivity index (χ1) is 8.93. The molecule has 0 unspecified atom stereocenters. The van der Waals surface area contributed by atoms with Gasteiger partial charge in [-0.05, 0) is 22.9 Å². The minimum atomic E-state index is -0.944. The Balaban J connectivity index is 2.46. The normalized spacial score (nSPS) is 15.9. The lowest BCUT2D eigenvalue weighted by Gasteiger charge is -2.24. The molecule has 0 fully saturated rings. The Kier molecular flexibility index (Phi) is 4.52. The molecule has 0 aromatic carbocycles. The second kappa shape index (κ2) is 5.80. The van der Waals surface area contributed by atoms with Gasteiger partial charge in [-0.3, -0.25) is 4.90 Å². The fraction of sp³-hybridized carbons (Fsp3) is 0.200. The van der Waals surface area contributed by atoms with Gasteiger partial charge >= 0.3 is 6.08 Å². The predicted molar refractivity (Wildman–Crippen MR) is 76.4 cm³/mol. The predicted octanol–water partition coefficient (Wildman–Crippen LogP) is 3.84. The topological polar surface area (TPSA) is 41.4 Å². The molecule has 1 radical (unpaired) electrons. The van der Waals surface area contributed by atoms with E-state index < -0.39 is 12.2 Å². The molecule has 0 N–H and O–H groups in total. The van der Waals surface area contributed by atoms with Crippen molar-refractivity contribution < 1.29 is 8.78 Å². The maximum Gasteiger partial charge on any atom is 0.310 e. The standard InChI is InChI=1S/C10H6Br2ClF2N4/c1-4-7(12)8(18-9(14)16-4)19-3-5(11)6(2-13)17-10(19)15/h3H,2H2,1H3. The molecule has 1 aromatic heterocycles. The number of aromatic nitrogens is 2. The molecule has 0 atom stereocenters. The van der Waals surface area contributed by atoms with Gasteiger partial charge in [0, 0.05) is 4.48 Å². The number of halogens is 5. The monoisotopic (exact) mass is 413 g/mol. The van der Waals surface area contributed by atoms with Crippen LogP contribution in [0.3, 0.4) is 0 Å². The lowest BCUT2D eigenvalue weighted by Crippen LogP contribution is -2.30. The molecule has 0 aliphatic carbocycles. The zero-order valence-corrected chi connectivity index (χ0v) is 13.4. The molecule has 2 rings (SSSR count).